The molecule has 33 heavy (non-hydrogen) atoms. The van der Waals surface area contributed by atoms with Gasteiger partial charge in [0.2, 0.25) is 5.75 Å². The lowest BCUT2D eigenvalue weighted by atomic mass is 10.1. The van der Waals surface area contributed by atoms with Crippen molar-refractivity contribution in [2.24, 2.45) is 0 Å². The van der Waals surface area contributed by atoms with Crippen LogP contribution in [0.2, 0.25) is 0 Å². The first-order chi connectivity index (χ1) is 15.8. The van der Waals surface area contributed by atoms with Gasteiger partial charge in [-0.25, -0.2) is 9.34 Å². The molecule has 11 heteroatoms. The predicted octanol–water partition coefficient (Wildman–Crippen LogP) is 3.83. The number of hydrogen-bond acceptors (Lipinski definition) is 6. The molecule has 2 fully saturated rings. The Hall–Kier alpha value is -2.78. The molecule has 2 saturated heterocycles. The third kappa shape index (κ3) is 4.15. The van der Waals surface area contributed by atoms with Gasteiger partial charge in [0.05, 0.1) is 11.0 Å². The maximum Gasteiger partial charge on any atom is 0.346 e. The number of amides is 1. The first-order valence-electron chi connectivity index (χ1n) is 10.9. The standard InChI is InChI=1S/C22H25N4O6P/c1-23(2)22(27)15-4-3-5-16(14-15)31-21-18-7-9-20(17(18)6-8-19(21)26(28)29)32-33(30,24-10-11-24)25-12-13-25/h3-6,8,14,20H,7,9-13H2,1-2H3. The van der Waals surface area contributed by atoms with Gasteiger partial charge in [0, 0.05) is 57.5 Å². The molecule has 174 valence electrons. The van der Waals surface area contributed by atoms with Crippen LogP contribution in [0.3, 0.4) is 0 Å². The number of rotatable bonds is 8. The molecule has 2 aromatic carbocycles. The number of benzene rings is 2. The Bertz CT molecular complexity index is 1160. The number of ether oxygens (including phenoxy) is 1. The van der Waals surface area contributed by atoms with Gasteiger partial charge in [0.15, 0.2) is 0 Å². The minimum absolute atomic E-state index is 0.145. The van der Waals surface area contributed by atoms with E-state index in [1.807, 2.05) is 9.34 Å². The van der Waals surface area contributed by atoms with E-state index in [0.717, 1.165) is 31.7 Å². The van der Waals surface area contributed by atoms with Gasteiger partial charge in [0.25, 0.3) is 5.91 Å². The molecule has 1 atom stereocenters. The monoisotopic (exact) mass is 472 g/mol. The van der Waals surface area contributed by atoms with Crippen LogP contribution < -0.4 is 4.74 Å². The number of nitro benzene ring substituents is 1. The Balaban J connectivity index is 1.47. The summed E-state index contributed by atoms with van der Waals surface area (Å²) >= 11 is 0. The van der Waals surface area contributed by atoms with Crippen molar-refractivity contribution in [3.05, 3.63) is 63.2 Å². The topological polar surface area (TPSA) is 105 Å². The van der Waals surface area contributed by atoms with Gasteiger partial charge in [-0.1, -0.05) is 6.07 Å². The second-order valence-electron chi connectivity index (χ2n) is 8.60. The van der Waals surface area contributed by atoms with Crippen molar-refractivity contribution in [1.29, 1.82) is 0 Å². The summed E-state index contributed by atoms with van der Waals surface area (Å²) in [6.07, 6.45) is 0.655. The van der Waals surface area contributed by atoms with Gasteiger partial charge < -0.3 is 9.64 Å². The number of carbonyl (C=O) groups excluding carboxylic acids is 1. The van der Waals surface area contributed by atoms with Crippen LogP contribution >= 0.6 is 7.67 Å². The van der Waals surface area contributed by atoms with Crippen molar-refractivity contribution >= 4 is 19.3 Å². The van der Waals surface area contributed by atoms with Gasteiger partial charge in [-0.15, -0.1) is 0 Å². The number of fused-ring (bicyclic) bond motifs is 1. The fraction of sp³-hybridized carbons (Fsp3) is 0.409. The molecule has 0 spiro atoms. The second-order valence-corrected chi connectivity index (χ2v) is 10.9. The first-order valence-corrected chi connectivity index (χ1v) is 12.4. The van der Waals surface area contributed by atoms with Crippen molar-refractivity contribution in [3.63, 3.8) is 0 Å². The molecule has 10 nitrogen and oxygen atoms in total. The lowest BCUT2D eigenvalue weighted by molar-refractivity contribution is -0.385. The van der Waals surface area contributed by atoms with Crippen molar-refractivity contribution in [1.82, 2.24) is 14.2 Å². The fourth-order valence-corrected chi connectivity index (χ4v) is 6.49. The summed E-state index contributed by atoms with van der Waals surface area (Å²) in [5.41, 5.74) is 1.72. The summed E-state index contributed by atoms with van der Waals surface area (Å²) in [4.78, 5) is 25.1. The first kappa shape index (κ1) is 22.0. The Labute approximate surface area is 191 Å². The third-order valence-corrected chi connectivity index (χ3v) is 8.77. The van der Waals surface area contributed by atoms with Crippen LogP contribution in [0.15, 0.2) is 36.4 Å². The molecule has 2 heterocycles. The van der Waals surface area contributed by atoms with E-state index in [9.17, 15) is 19.5 Å². The van der Waals surface area contributed by atoms with E-state index >= 15 is 0 Å². The van der Waals surface area contributed by atoms with Gasteiger partial charge in [0.1, 0.15) is 5.75 Å². The molecule has 0 saturated carbocycles. The normalized spacial score (nSPS) is 19.8. The SMILES string of the molecule is CN(C)C(=O)c1cccc(Oc2c([N+](=O)[O-])ccc3c2CCC3OP(=O)(N2CC2)N2CC2)c1. The Kier molecular flexibility index (Phi) is 5.49. The smallest absolute Gasteiger partial charge is 0.346 e. The van der Waals surface area contributed by atoms with Crippen LogP contribution in [-0.4, -0.2) is 65.3 Å². The van der Waals surface area contributed by atoms with Gasteiger partial charge in [-0.3, -0.25) is 24.0 Å². The summed E-state index contributed by atoms with van der Waals surface area (Å²) in [6, 6.07) is 9.66. The van der Waals surface area contributed by atoms with Crippen molar-refractivity contribution in [2.75, 3.05) is 40.3 Å². The summed E-state index contributed by atoms with van der Waals surface area (Å²) < 4.78 is 29.4. The van der Waals surface area contributed by atoms with Crippen molar-refractivity contribution in [3.8, 4) is 11.5 Å². The van der Waals surface area contributed by atoms with Crippen LogP contribution in [-0.2, 0) is 15.5 Å². The molecule has 1 amide bonds. The summed E-state index contributed by atoms with van der Waals surface area (Å²) in [5, 5.41) is 11.8. The van der Waals surface area contributed by atoms with Crippen LogP contribution in [0.5, 0.6) is 11.5 Å². The molecule has 1 aliphatic carbocycles. The fourth-order valence-electron chi connectivity index (χ4n) is 4.13. The maximum atomic E-state index is 13.5. The summed E-state index contributed by atoms with van der Waals surface area (Å²) in [7, 11) is 0.270. The molecule has 0 bridgehead atoms. The van der Waals surface area contributed by atoms with E-state index in [-0.39, 0.29) is 17.3 Å². The van der Waals surface area contributed by atoms with Crippen molar-refractivity contribution < 1.29 is 23.5 Å². The van der Waals surface area contributed by atoms with E-state index in [2.05, 4.69) is 0 Å². The molecular weight excluding hydrogens is 447 g/mol. The van der Waals surface area contributed by atoms with Crippen LogP contribution in [0.4, 0.5) is 5.69 Å². The highest BCUT2D eigenvalue weighted by Gasteiger charge is 2.51. The molecule has 5 rings (SSSR count). The molecule has 0 N–H and O–H groups in total. The number of nitrogens with zero attached hydrogens (tertiary/aromatic N) is 4. The molecule has 1 unspecified atom stereocenters. The predicted molar refractivity (Wildman–Crippen MR) is 121 cm³/mol. The summed E-state index contributed by atoms with van der Waals surface area (Å²) in [5.74, 6) is 0.288. The number of hydrogen-bond donors (Lipinski definition) is 0. The molecule has 3 aliphatic rings. The Morgan fingerprint density at radius 3 is 2.45 bits per heavy atom. The van der Waals surface area contributed by atoms with E-state index in [1.165, 1.54) is 11.0 Å². The zero-order valence-corrected chi connectivity index (χ0v) is 19.4. The molecular formula is C22H25N4O6P. The minimum atomic E-state index is -3.04. The lowest BCUT2D eigenvalue weighted by Crippen LogP contribution is -2.21. The highest BCUT2D eigenvalue weighted by Crippen LogP contribution is 2.64. The number of nitro groups is 1. The third-order valence-electron chi connectivity index (χ3n) is 6.01. The van der Waals surface area contributed by atoms with Gasteiger partial charge in [-0.2, -0.15) is 0 Å². The maximum absolute atomic E-state index is 13.5. The van der Waals surface area contributed by atoms with E-state index in [4.69, 9.17) is 9.26 Å². The minimum Gasteiger partial charge on any atom is -0.450 e. The lowest BCUT2D eigenvalue weighted by Gasteiger charge is -2.24. The second kappa shape index (κ2) is 8.22. The Morgan fingerprint density at radius 2 is 1.85 bits per heavy atom. The van der Waals surface area contributed by atoms with E-state index in [0.29, 0.717) is 29.7 Å². The molecule has 2 aromatic rings. The zero-order valence-electron chi connectivity index (χ0n) is 18.5. The quantitative estimate of drug-likeness (QED) is 0.247. The number of carbonyl (C=O) groups is 1. The Morgan fingerprint density at radius 1 is 1.15 bits per heavy atom. The molecule has 2 aliphatic heterocycles. The van der Waals surface area contributed by atoms with E-state index < -0.39 is 18.7 Å². The molecule has 0 aromatic heterocycles. The van der Waals surface area contributed by atoms with Crippen LogP contribution in [0.1, 0.15) is 34.0 Å². The van der Waals surface area contributed by atoms with Gasteiger partial charge >= 0.3 is 13.4 Å². The summed E-state index contributed by atoms with van der Waals surface area (Å²) in [6.45, 7) is 3.02. The van der Waals surface area contributed by atoms with Gasteiger partial charge in [-0.05, 0) is 42.7 Å². The zero-order chi connectivity index (χ0) is 23.3. The average Bonchev–Trinajstić information content (AvgIpc) is 3.70. The van der Waals surface area contributed by atoms with Crippen LogP contribution in [0.25, 0.3) is 0 Å². The van der Waals surface area contributed by atoms with E-state index in [1.54, 1.807) is 44.4 Å². The highest BCUT2D eigenvalue weighted by atomic mass is 31.2. The largest absolute Gasteiger partial charge is 0.450 e. The highest BCUT2D eigenvalue weighted by molar-refractivity contribution is 7.54. The van der Waals surface area contributed by atoms with Crippen molar-refractivity contribution in [2.45, 2.75) is 18.9 Å². The molecule has 0 radical (unpaired) electrons. The average molecular weight is 472 g/mol. The van der Waals surface area contributed by atoms with Crippen LogP contribution in [0, 0.1) is 10.1 Å².